The first-order chi connectivity index (χ1) is 15.8. The van der Waals surface area contributed by atoms with Crippen molar-refractivity contribution in [2.45, 2.75) is 17.7 Å². The van der Waals surface area contributed by atoms with Crippen molar-refractivity contribution in [3.8, 4) is 11.5 Å². The molecule has 0 atom stereocenters. The van der Waals surface area contributed by atoms with Crippen LogP contribution in [-0.4, -0.2) is 31.7 Å². The van der Waals surface area contributed by atoms with Crippen LogP contribution in [0.15, 0.2) is 77.7 Å². The predicted molar refractivity (Wildman–Crippen MR) is 130 cm³/mol. The standard InChI is InChI=1S/C24H22Cl2N2O4S/c25-18-6-11-22(26)23(16-18)33(30,31)28-14-12-17(13-15-28)24(29)27-19-7-9-21(10-8-19)32-20-4-2-1-3-5-20/h1-11,16-17H,12-15H2,(H,27,29). The largest absolute Gasteiger partial charge is 0.457 e. The van der Waals surface area contributed by atoms with E-state index in [0.717, 1.165) is 5.75 Å². The highest BCUT2D eigenvalue weighted by molar-refractivity contribution is 7.89. The van der Waals surface area contributed by atoms with Crippen LogP contribution in [0.3, 0.4) is 0 Å². The molecule has 0 saturated carbocycles. The second kappa shape index (κ2) is 10.1. The molecule has 1 amide bonds. The third-order valence-corrected chi connectivity index (χ3v) is 8.05. The number of rotatable bonds is 6. The van der Waals surface area contributed by atoms with Gasteiger partial charge in [0, 0.05) is 29.7 Å². The van der Waals surface area contributed by atoms with Gasteiger partial charge in [-0.2, -0.15) is 4.31 Å². The Balaban J connectivity index is 1.33. The van der Waals surface area contributed by atoms with Crippen LogP contribution in [0.2, 0.25) is 10.0 Å². The molecule has 1 saturated heterocycles. The number of para-hydroxylation sites is 1. The molecular weight excluding hydrogens is 483 g/mol. The number of carbonyl (C=O) groups excluding carboxylic acids is 1. The fraction of sp³-hybridized carbons (Fsp3) is 0.208. The summed E-state index contributed by atoms with van der Waals surface area (Å²) in [5.74, 6) is 0.976. The second-order valence-electron chi connectivity index (χ2n) is 7.68. The van der Waals surface area contributed by atoms with Crippen molar-refractivity contribution < 1.29 is 17.9 Å². The van der Waals surface area contributed by atoms with Crippen molar-refractivity contribution in [2.75, 3.05) is 18.4 Å². The molecule has 1 aliphatic rings. The molecule has 6 nitrogen and oxygen atoms in total. The molecule has 1 aliphatic heterocycles. The lowest BCUT2D eigenvalue weighted by molar-refractivity contribution is -0.120. The molecule has 4 rings (SSSR count). The van der Waals surface area contributed by atoms with Gasteiger partial charge in [-0.3, -0.25) is 4.79 Å². The lowest BCUT2D eigenvalue weighted by Crippen LogP contribution is -2.41. The SMILES string of the molecule is O=C(Nc1ccc(Oc2ccccc2)cc1)C1CCN(S(=O)(=O)c2cc(Cl)ccc2Cl)CC1. The third-order valence-electron chi connectivity index (χ3n) is 5.44. The van der Waals surface area contributed by atoms with Gasteiger partial charge in [0.2, 0.25) is 15.9 Å². The maximum Gasteiger partial charge on any atom is 0.244 e. The zero-order valence-electron chi connectivity index (χ0n) is 17.6. The number of carbonyl (C=O) groups is 1. The molecule has 0 radical (unpaired) electrons. The van der Waals surface area contributed by atoms with Crippen molar-refractivity contribution in [1.82, 2.24) is 4.31 Å². The van der Waals surface area contributed by atoms with E-state index in [1.807, 2.05) is 30.3 Å². The summed E-state index contributed by atoms with van der Waals surface area (Å²) in [7, 11) is -3.78. The predicted octanol–water partition coefficient (Wildman–Crippen LogP) is 5.83. The Morgan fingerprint density at radius 1 is 0.909 bits per heavy atom. The summed E-state index contributed by atoms with van der Waals surface area (Å²) in [4.78, 5) is 12.7. The van der Waals surface area contributed by atoms with Gasteiger partial charge in [-0.25, -0.2) is 8.42 Å². The highest BCUT2D eigenvalue weighted by Gasteiger charge is 2.33. The van der Waals surface area contributed by atoms with Crippen molar-refractivity contribution in [2.24, 2.45) is 5.92 Å². The minimum absolute atomic E-state index is 0.0163. The number of amides is 1. The zero-order chi connectivity index (χ0) is 23.4. The Morgan fingerprint density at radius 2 is 1.55 bits per heavy atom. The summed E-state index contributed by atoms with van der Waals surface area (Å²) in [6.45, 7) is 0.459. The van der Waals surface area contributed by atoms with Crippen LogP contribution in [0.4, 0.5) is 5.69 Å². The molecule has 0 aliphatic carbocycles. The second-order valence-corrected chi connectivity index (χ2v) is 10.4. The summed E-state index contributed by atoms with van der Waals surface area (Å²) >= 11 is 12.0. The van der Waals surface area contributed by atoms with Crippen molar-refractivity contribution >= 4 is 44.8 Å². The van der Waals surface area contributed by atoms with E-state index in [1.165, 1.54) is 16.4 Å². The van der Waals surface area contributed by atoms with Crippen molar-refractivity contribution in [3.05, 3.63) is 82.8 Å². The number of sulfonamides is 1. The maximum absolute atomic E-state index is 13.0. The Labute approximate surface area is 203 Å². The zero-order valence-corrected chi connectivity index (χ0v) is 19.9. The summed E-state index contributed by atoms with van der Waals surface area (Å²) < 4.78 is 33.0. The average Bonchev–Trinajstić information content (AvgIpc) is 2.82. The highest BCUT2D eigenvalue weighted by Crippen LogP contribution is 2.31. The van der Waals surface area contributed by atoms with Gasteiger partial charge in [0.05, 0.1) is 5.02 Å². The lowest BCUT2D eigenvalue weighted by Gasteiger charge is -2.30. The quantitative estimate of drug-likeness (QED) is 0.458. The van der Waals surface area contributed by atoms with Gasteiger partial charge in [0.15, 0.2) is 0 Å². The number of ether oxygens (including phenoxy) is 1. The summed E-state index contributed by atoms with van der Waals surface area (Å²) in [6.07, 6.45) is 0.830. The van der Waals surface area contributed by atoms with Gasteiger partial charge >= 0.3 is 0 Å². The van der Waals surface area contributed by atoms with E-state index < -0.39 is 10.0 Å². The molecule has 9 heteroatoms. The number of hydrogen-bond acceptors (Lipinski definition) is 4. The average molecular weight is 505 g/mol. The van der Waals surface area contributed by atoms with Crippen LogP contribution in [-0.2, 0) is 14.8 Å². The van der Waals surface area contributed by atoms with Gasteiger partial charge in [0.25, 0.3) is 0 Å². The molecule has 0 spiro atoms. The van der Waals surface area contributed by atoms with E-state index in [9.17, 15) is 13.2 Å². The monoisotopic (exact) mass is 504 g/mol. The van der Waals surface area contributed by atoms with E-state index in [1.54, 1.807) is 30.3 Å². The first-order valence-corrected chi connectivity index (χ1v) is 12.6. The van der Waals surface area contributed by atoms with E-state index in [4.69, 9.17) is 27.9 Å². The number of hydrogen-bond donors (Lipinski definition) is 1. The number of nitrogens with zero attached hydrogens (tertiary/aromatic N) is 1. The van der Waals surface area contributed by atoms with Gasteiger partial charge in [-0.05, 0) is 67.4 Å². The van der Waals surface area contributed by atoms with Crippen molar-refractivity contribution in [1.29, 1.82) is 0 Å². The normalized spacial score (nSPS) is 15.2. The maximum atomic E-state index is 13.0. The van der Waals surface area contributed by atoms with Crippen molar-refractivity contribution in [3.63, 3.8) is 0 Å². The topological polar surface area (TPSA) is 75.7 Å². The Hall–Kier alpha value is -2.58. The first kappa shape index (κ1) is 23.6. The number of nitrogens with one attached hydrogen (secondary N) is 1. The minimum Gasteiger partial charge on any atom is -0.457 e. The van der Waals surface area contributed by atoms with Gasteiger partial charge in [-0.1, -0.05) is 41.4 Å². The molecule has 0 unspecified atom stereocenters. The van der Waals surface area contributed by atoms with Crippen LogP contribution in [0.25, 0.3) is 0 Å². The molecule has 3 aromatic carbocycles. The van der Waals surface area contributed by atoms with Crippen LogP contribution in [0.5, 0.6) is 11.5 Å². The molecular formula is C24H22Cl2N2O4S. The molecule has 1 heterocycles. The smallest absolute Gasteiger partial charge is 0.244 e. The molecule has 172 valence electrons. The Morgan fingerprint density at radius 3 is 2.21 bits per heavy atom. The summed E-state index contributed by atoms with van der Waals surface area (Å²) in [5, 5.41) is 3.33. The highest BCUT2D eigenvalue weighted by atomic mass is 35.5. The van der Waals surface area contributed by atoms with E-state index in [2.05, 4.69) is 5.32 Å². The molecule has 0 aromatic heterocycles. The van der Waals surface area contributed by atoms with E-state index in [-0.39, 0.29) is 34.8 Å². The fourth-order valence-corrected chi connectivity index (χ4v) is 5.85. The van der Waals surface area contributed by atoms with E-state index >= 15 is 0 Å². The van der Waals surface area contributed by atoms with Crippen LogP contribution >= 0.6 is 23.2 Å². The Kier molecular flexibility index (Phi) is 7.24. The molecule has 1 N–H and O–H groups in total. The Bertz CT molecular complexity index is 1230. The van der Waals surface area contributed by atoms with Gasteiger partial charge in [-0.15, -0.1) is 0 Å². The minimum atomic E-state index is -3.78. The molecule has 3 aromatic rings. The van der Waals surface area contributed by atoms with Crippen LogP contribution in [0, 0.1) is 5.92 Å². The number of benzene rings is 3. The van der Waals surface area contributed by atoms with Gasteiger partial charge in [0.1, 0.15) is 16.4 Å². The molecule has 1 fully saturated rings. The summed E-state index contributed by atoms with van der Waals surface area (Å²) in [5.41, 5.74) is 0.654. The van der Waals surface area contributed by atoms with E-state index in [0.29, 0.717) is 29.3 Å². The van der Waals surface area contributed by atoms with Gasteiger partial charge < -0.3 is 10.1 Å². The number of piperidine rings is 1. The number of halogens is 2. The summed E-state index contributed by atoms with van der Waals surface area (Å²) in [6, 6.07) is 20.9. The van der Waals surface area contributed by atoms with Crippen LogP contribution in [0.1, 0.15) is 12.8 Å². The molecule has 0 bridgehead atoms. The third kappa shape index (κ3) is 5.68. The fourth-order valence-electron chi connectivity index (χ4n) is 3.65. The lowest BCUT2D eigenvalue weighted by atomic mass is 9.97. The first-order valence-electron chi connectivity index (χ1n) is 10.4. The molecule has 33 heavy (non-hydrogen) atoms. The number of anilines is 1. The van der Waals surface area contributed by atoms with Crippen LogP contribution < -0.4 is 10.1 Å².